The predicted octanol–water partition coefficient (Wildman–Crippen LogP) is 4.06. The number of halogens is 1. The van der Waals surface area contributed by atoms with Crippen molar-refractivity contribution in [3.63, 3.8) is 0 Å². The maximum atomic E-state index is 12.0. The lowest BCUT2D eigenvalue weighted by Gasteiger charge is -2.13. The first-order chi connectivity index (χ1) is 11.6. The van der Waals surface area contributed by atoms with Crippen molar-refractivity contribution in [1.29, 1.82) is 0 Å². The Morgan fingerprint density at radius 2 is 1.92 bits per heavy atom. The number of amides is 1. The van der Waals surface area contributed by atoms with E-state index >= 15 is 0 Å². The van der Waals surface area contributed by atoms with E-state index in [1.807, 2.05) is 36.4 Å². The highest BCUT2D eigenvalue weighted by Crippen LogP contribution is 2.22. The molecule has 3 rings (SSSR count). The summed E-state index contributed by atoms with van der Waals surface area (Å²) in [7, 11) is 0. The highest BCUT2D eigenvalue weighted by Gasteiger charge is 2.11. The SMILES string of the molecule is O=C(NCC(O)c1ccc(-c2ccco2)cc1)c1cccc(Cl)c1. The maximum Gasteiger partial charge on any atom is 0.251 e. The third kappa shape index (κ3) is 3.85. The average molecular weight is 342 g/mol. The molecule has 0 spiro atoms. The van der Waals surface area contributed by atoms with E-state index in [-0.39, 0.29) is 12.5 Å². The molecule has 1 unspecified atom stereocenters. The smallest absolute Gasteiger partial charge is 0.251 e. The zero-order valence-corrected chi connectivity index (χ0v) is 13.5. The Morgan fingerprint density at radius 3 is 2.58 bits per heavy atom. The monoisotopic (exact) mass is 341 g/mol. The summed E-state index contributed by atoms with van der Waals surface area (Å²) in [5.74, 6) is 0.494. The number of hydrogen-bond acceptors (Lipinski definition) is 3. The number of rotatable bonds is 5. The van der Waals surface area contributed by atoms with Gasteiger partial charge in [-0.1, -0.05) is 41.9 Å². The molecule has 0 saturated carbocycles. The van der Waals surface area contributed by atoms with E-state index in [1.54, 1.807) is 30.5 Å². The molecule has 1 atom stereocenters. The third-order valence-corrected chi connectivity index (χ3v) is 3.88. The molecule has 0 radical (unpaired) electrons. The third-order valence-electron chi connectivity index (χ3n) is 3.64. The van der Waals surface area contributed by atoms with Gasteiger partial charge in [-0.25, -0.2) is 0 Å². The van der Waals surface area contributed by atoms with Gasteiger partial charge in [-0.2, -0.15) is 0 Å². The van der Waals surface area contributed by atoms with Crippen molar-refractivity contribution in [2.45, 2.75) is 6.10 Å². The Labute approximate surface area is 144 Å². The Bertz CT molecular complexity index is 813. The van der Waals surface area contributed by atoms with Gasteiger partial charge in [-0.05, 0) is 35.9 Å². The number of carbonyl (C=O) groups excluding carboxylic acids is 1. The van der Waals surface area contributed by atoms with Gasteiger partial charge in [0.15, 0.2) is 0 Å². The Hall–Kier alpha value is -2.56. The van der Waals surface area contributed by atoms with Gasteiger partial charge in [0.2, 0.25) is 0 Å². The second-order valence-corrected chi connectivity index (χ2v) is 5.77. The summed E-state index contributed by atoms with van der Waals surface area (Å²) >= 11 is 5.87. The van der Waals surface area contributed by atoms with Crippen molar-refractivity contribution in [2.24, 2.45) is 0 Å². The van der Waals surface area contributed by atoms with E-state index in [0.717, 1.165) is 16.9 Å². The first kappa shape index (κ1) is 16.3. The molecule has 0 bridgehead atoms. The molecular weight excluding hydrogens is 326 g/mol. The van der Waals surface area contributed by atoms with Crippen LogP contribution >= 0.6 is 11.6 Å². The molecule has 5 heteroatoms. The average Bonchev–Trinajstić information content (AvgIpc) is 3.14. The molecule has 122 valence electrons. The Balaban J connectivity index is 1.60. The van der Waals surface area contributed by atoms with Crippen LogP contribution in [-0.4, -0.2) is 17.6 Å². The number of aliphatic hydroxyl groups is 1. The van der Waals surface area contributed by atoms with Crippen LogP contribution in [0.1, 0.15) is 22.0 Å². The van der Waals surface area contributed by atoms with Crippen LogP contribution in [0.15, 0.2) is 71.3 Å². The van der Waals surface area contributed by atoms with Gasteiger partial charge in [0, 0.05) is 22.7 Å². The van der Waals surface area contributed by atoms with Crippen LogP contribution in [0.2, 0.25) is 5.02 Å². The van der Waals surface area contributed by atoms with E-state index < -0.39 is 6.10 Å². The van der Waals surface area contributed by atoms with Crippen LogP contribution in [-0.2, 0) is 0 Å². The first-order valence-corrected chi connectivity index (χ1v) is 7.87. The van der Waals surface area contributed by atoms with Crippen molar-refractivity contribution < 1.29 is 14.3 Å². The number of carbonyl (C=O) groups is 1. The van der Waals surface area contributed by atoms with Gasteiger partial charge < -0.3 is 14.8 Å². The summed E-state index contributed by atoms with van der Waals surface area (Å²) in [5.41, 5.74) is 2.11. The molecule has 1 aromatic heterocycles. The van der Waals surface area contributed by atoms with E-state index in [1.165, 1.54) is 0 Å². The second kappa shape index (κ2) is 7.34. The molecule has 0 saturated heterocycles. The minimum Gasteiger partial charge on any atom is -0.464 e. The molecule has 0 aliphatic heterocycles. The van der Waals surface area contributed by atoms with Crippen LogP contribution in [0.5, 0.6) is 0 Å². The summed E-state index contributed by atoms with van der Waals surface area (Å²) in [6, 6.07) is 17.7. The fourth-order valence-corrected chi connectivity index (χ4v) is 2.54. The zero-order valence-electron chi connectivity index (χ0n) is 12.8. The number of nitrogens with one attached hydrogen (secondary N) is 1. The molecule has 2 N–H and O–H groups in total. The maximum absolute atomic E-state index is 12.0. The number of furan rings is 1. The Kier molecular flexibility index (Phi) is 4.99. The molecule has 0 aliphatic rings. The number of aliphatic hydroxyl groups excluding tert-OH is 1. The van der Waals surface area contributed by atoms with Gasteiger partial charge in [0.05, 0.1) is 12.4 Å². The molecule has 3 aromatic rings. The highest BCUT2D eigenvalue weighted by atomic mass is 35.5. The van der Waals surface area contributed by atoms with Gasteiger partial charge in [-0.15, -0.1) is 0 Å². The number of hydrogen-bond donors (Lipinski definition) is 2. The van der Waals surface area contributed by atoms with Crippen molar-refractivity contribution in [2.75, 3.05) is 6.54 Å². The highest BCUT2D eigenvalue weighted by molar-refractivity contribution is 6.30. The molecule has 4 nitrogen and oxygen atoms in total. The normalized spacial score (nSPS) is 11.9. The summed E-state index contributed by atoms with van der Waals surface area (Å²) < 4.78 is 5.33. The van der Waals surface area contributed by atoms with Crippen LogP contribution in [0.3, 0.4) is 0 Å². The van der Waals surface area contributed by atoms with Gasteiger partial charge in [-0.3, -0.25) is 4.79 Å². The molecule has 0 aliphatic carbocycles. The fourth-order valence-electron chi connectivity index (χ4n) is 2.35. The van der Waals surface area contributed by atoms with Crippen LogP contribution in [0, 0.1) is 0 Å². The summed E-state index contributed by atoms with van der Waals surface area (Å²) in [6.45, 7) is 0.117. The van der Waals surface area contributed by atoms with Crippen LogP contribution < -0.4 is 5.32 Å². The minimum atomic E-state index is -0.793. The summed E-state index contributed by atoms with van der Waals surface area (Å²) in [4.78, 5) is 12.0. The van der Waals surface area contributed by atoms with E-state index in [4.69, 9.17) is 16.0 Å². The van der Waals surface area contributed by atoms with Crippen LogP contribution in [0.4, 0.5) is 0 Å². The van der Waals surface area contributed by atoms with E-state index in [9.17, 15) is 9.90 Å². The molecule has 1 amide bonds. The predicted molar refractivity (Wildman–Crippen MR) is 92.9 cm³/mol. The molecule has 2 aromatic carbocycles. The molecule has 0 fully saturated rings. The standard InChI is InChI=1S/C19H16ClNO3/c20-16-4-1-3-15(11-16)19(23)21-12-17(22)13-6-8-14(9-7-13)18-5-2-10-24-18/h1-11,17,22H,12H2,(H,21,23). The lowest BCUT2D eigenvalue weighted by Crippen LogP contribution is -2.28. The van der Waals surface area contributed by atoms with Crippen LogP contribution in [0.25, 0.3) is 11.3 Å². The summed E-state index contributed by atoms with van der Waals surface area (Å²) in [6.07, 6.45) is 0.822. The van der Waals surface area contributed by atoms with Gasteiger partial charge in [0.1, 0.15) is 5.76 Å². The topological polar surface area (TPSA) is 62.5 Å². The molecular formula is C19H16ClNO3. The lowest BCUT2D eigenvalue weighted by atomic mass is 10.1. The van der Waals surface area contributed by atoms with Crippen molar-refractivity contribution in [3.05, 3.63) is 83.1 Å². The first-order valence-electron chi connectivity index (χ1n) is 7.49. The molecule has 1 heterocycles. The zero-order chi connectivity index (χ0) is 16.9. The van der Waals surface area contributed by atoms with Crippen molar-refractivity contribution in [1.82, 2.24) is 5.32 Å². The van der Waals surface area contributed by atoms with E-state index in [0.29, 0.717) is 10.6 Å². The van der Waals surface area contributed by atoms with Gasteiger partial charge in [0.25, 0.3) is 5.91 Å². The quantitative estimate of drug-likeness (QED) is 0.735. The van der Waals surface area contributed by atoms with Crippen molar-refractivity contribution >= 4 is 17.5 Å². The van der Waals surface area contributed by atoms with E-state index in [2.05, 4.69) is 5.32 Å². The molecule has 24 heavy (non-hydrogen) atoms. The second-order valence-electron chi connectivity index (χ2n) is 5.34. The number of benzene rings is 2. The largest absolute Gasteiger partial charge is 0.464 e. The summed E-state index contributed by atoms with van der Waals surface area (Å²) in [5, 5.41) is 13.4. The Morgan fingerprint density at radius 1 is 1.12 bits per heavy atom. The van der Waals surface area contributed by atoms with Gasteiger partial charge >= 0.3 is 0 Å². The fraction of sp³-hybridized carbons (Fsp3) is 0.105. The van der Waals surface area contributed by atoms with Crippen molar-refractivity contribution in [3.8, 4) is 11.3 Å². The minimum absolute atomic E-state index is 0.117. The lowest BCUT2D eigenvalue weighted by molar-refractivity contribution is 0.0916.